The lowest BCUT2D eigenvalue weighted by atomic mass is 9.98. The van der Waals surface area contributed by atoms with E-state index in [-0.39, 0.29) is 23.4 Å². The van der Waals surface area contributed by atoms with Crippen molar-refractivity contribution in [3.8, 4) is 5.75 Å². The summed E-state index contributed by atoms with van der Waals surface area (Å²) in [5.41, 5.74) is 1.28. The molecule has 4 rings (SSSR count). The SMILES string of the molecule is CC1CCN(C(=O)c2ccc(OCc3nnc(C(=O)Nc4ccc(Cl)cc4)s3)cc2)CC1. The molecular formula is C23H23ClN4O3S. The molecule has 0 atom stereocenters. The number of anilines is 1. The van der Waals surface area contributed by atoms with Gasteiger partial charge in [0, 0.05) is 29.4 Å². The van der Waals surface area contributed by atoms with E-state index >= 15 is 0 Å². The van der Waals surface area contributed by atoms with Gasteiger partial charge in [-0.1, -0.05) is 29.9 Å². The Hall–Kier alpha value is -2.97. The smallest absolute Gasteiger partial charge is 0.286 e. The van der Waals surface area contributed by atoms with Gasteiger partial charge in [0.25, 0.3) is 11.8 Å². The van der Waals surface area contributed by atoms with Crippen LogP contribution < -0.4 is 10.1 Å². The van der Waals surface area contributed by atoms with E-state index in [1.807, 2.05) is 4.90 Å². The number of likely N-dealkylation sites (tertiary alicyclic amines) is 1. The molecule has 0 bridgehead atoms. The largest absolute Gasteiger partial charge is 0.486 e. The number of carbonyl (C=O) groups excluding carboxylic acids is 2. The molecule has 166 valence electrons. The van der Waals surface area contributed by atoms with Crippen LogP contribution >= 0.6 is 22.9 Å². The van der Waals surface area contributed by atoms with Crippen LogP contribution in [0.1, 0.15) is 44.9 Å². The van der Waals surface area contributed by atoms with Gasteiger partial charge in [0.05, 0.1) is 0 Å². The van der Waals surface area contributed by atoms with Crippen molar-refractivity contribution in [2.45, 2.75) is 26.4 Å². The monoisotopic (exact) mass is 470 g/mol. The van der Waals surface area contributed by atoms with E-state index in [9.17, 15) is 9.59 Å². The Morgan fingerprint density at radius 2 is 1.78 bits per heavy atom. The quantitative estimate of drug-likeness (QED) is 0.554. The minimum absolute atomic E-state index is 0.0592. The maximum atomic E-state index is 12.6. The highest BCUT2D eigenvalue weighted by Gasteiger charge is 2.21. The molecule has 7 nitrogen and oxygen atoms in total. The molecule has 2 heterocycles. The average Bonchev–Trinajstić information content (AvgIpc) is 3.29. The normalized spacial score (nSPS) is 14.2. The van der Waals surface area contributed by atoms with E-state index in [0.29, 0.717) is 32.9 Å². The number of hydrogen-bond donors (Lipinski definition) is 1. The van der Waals surface area contributed by atoms with Crippen molar-refractivity contribution in [2.75, 3.05) is 18.4 Å². The third kappa shape index (κ3) is 5.63. The summed E-state index contributed by atoms with van der Waals surface area (Å²) in [4.78, 5) is 26.9. The first-order valence-electron chi connectivity index (χ1n) is 10.4. The third-order valence-corrected chi connectivity index (χ3v) is 6.45. The van der Waals surface area contributed by atoms with Gasteiger partial charge in [-0.05, 0) is 67.3 Å². The Labute approximate surface area is 195 Å². The predicted molar refractivity (Wildman–Crippen MR) is 124 cm³/mol. The first kappa shape index (κ1) is 22.2. The fourth-order valence-electron chi connectivity index (χ4n) is 3.35. The van der Waals surface area contributed by atoms with Crippen molar-refractivity contribution in [1.82, 2.24) is 15.1 Å². The number of piperidine rings is 1. The van der Waals surface area contributed by atoms with Crippen molar-refractivity contribution in [2.24, 2.45) is 5.92 Å². The Balaban J connectivity index is 1.29. The van der Waals surface area contributed by atoms with E-state index in [1.165, 1.54) is 0 Å². The number of carbonyl (C=O) groups is 2. The molecule has 9 heteroatoms. The van der Waals surface area contributed by atoms with Gasteiger partial charge in [0.1, 0.15) is 12.4 Å². The molecular weight excluding hydrogens is 448 g/mol. The number of aromatic nitrogens is 2. The molecule has 0 saturated carbocycles. The Morgan fingerprint density at radius 1 is 1.09 bits per heavy atom. The van der Waals surface area contributed by atoms with Crippen LogP contribution in [0.4, 0.5) is 5.69 Å². The van der Waals surface area contributed by atoms with E-state index in [2.05, 4.69) is 22.4 Å². The summed E-state index contributed by atoms with van der Waals surface area (Å²) in [6.07, 6.45) is 2.10. The molecule has 1 fully saturated rings. The first-order chi connectivity index (χ1) is 15.5. The molecule has 1 aromatic heterocycles. The summed E-state index contributed by atoms with van der Waals surface area (Å²) in [5, 5.41) is 12.1. The number of nitrogens with one attached hydrogen (secondary N) is 1. The van der Waals surface area contributed by atoms with Gasteiger partial charge >= 0.3 is 0 Å². The topological polar surface area (TPSA) is 84.4 Å². The summed E-state index contributed by atoms with van der Waals surface area (Å²) < 4.78 is 5.75. The highest BCUT2D eigenvalue weighted by molar-refractivity contribution is 7.13. The maximum Gasteiger partial charge on any atom is 0.286 e. The van der Waals surface area contributed by atoms with Crippen LogP contribution in [0.15, 0.2) is 48.5 Å². The molecule has 2 aromatic carbocycles. The lowest BCUT2D eigenvalue weighted by Crippen LogP contribution is -2.37. The molecule has 32 heavy (non-hydrogen) atoms. The van der Waals surface area contributed by atoms with Crippen LogP contribution in [-0.4, -0.2) is 40.0 Å². The Morgan fingerprint density at radius 3 is 2.47 bits per heavy atom. The lowest BCUT2D eigenvalue weighted by Gasteiger charge is -2.30. The van der Waals surface area contributed by atoms with Crippen molar-refractivity contribution in [3.05, 3.63) is 69.1 Å². The molecule has 0 radical (unpaired) electrons. The maximum absolute atomic E-state index is 12.6. The summed E-state index contributed by atoms with van der Waals surface area (Å²) in [6, 6.07) is 13.9. The van der Waals surface area contributed by atoms with Crippen LogP contribution in [0.25, 0.3) is 0 Å². The summed E-state index contributed by atoms with van der Waals surface area (Å²) >= 11 is 7.02. The molecule has 1 N–H and O–H groups in total. The highest BCUT2D eigenvalue weighted by atomic mass is 35.5. The van der Waals surface area contributed by atoms with Crippen LogP contribution in [0.2, 0.25) is 5.02 Å². The minimum Gasteiger partial charge on any atom is -0.486 e. The highest BCUT2D eigenvalue weighted by Crippen LogP contribution is 2.21. The summed E-state index contributed by atoms with van der Waals surface area (Å²) in [5.74, 6) is 1.02. The first-order valence-corrected chi connectivity index (χ1v) is 11.6. The van der Waals surface area contributed by atoms with Gasteiger partial charge < -0.3 is 15.0 Å². The van der Waals surface area contributed by atoms with Gasteiger partial charge in [0.2, 0.25) is 5.01 Å². The van der Waals surface area contributed by atoms with Crippen molar-refractivity contribution in [3.63, 3.8) is 0 Å². The zero-order valence-corrected chi connectivity index (χ0v) is 19.2. The molecule has 1 aliphatic heterocycles. The van der Waals surface area contributed by atoms with E-state index in [0.717, 1.165) is 37.3 Å². The molecule has 1 aliphatic rings. The molecule has 2 amide bonds. The van der Waals surface area contributed by atoms with Crippen LogP contribution in [0.3, 0.4) is 0 Å². The van der Waals surface area contributed by atoms with E-state index in [4.69, 9.17) is 16.3 Å². The van der Waals surface area contributed by atoms with Gasteiger partial charge in [0.15, 0.2) is 5.01 Å². The Kier molecular flexibility index (Phi) is 7.02. The summed E-state index contributed by atoms with van der Waals surface area (Å²) in [7, 11) is 0. The fraction of sp³-hybridized carbons (Fsp3) is 0.304. The van der Waals surface area contributed by atoms with Crippen molar-refractivity contribution >= 4 is 40.4 Å². The second-order valence-electron chi connectivity index (χ2n) is 7.75. The lowest BCUT2D eigenvalue weighted by molar-refractivity contribution is 0.0697. The zero-order valence-electron chi connectivity index (χ0n) is 17.6. The Bertz CT molecular complexity index is 1080. The van der Waals surface area contributed by atoms with Crippen LogP contribution in [0, 0.1) is 5.92 Å². The molecule has 0 unspecified atom stereocenters. The van der Waals surface area contributed by atoms with Gasteiger partial charge in [-0.15, -0.1) is 10.2 Å². The number of nitrogens with zero attached hydrogens (tertiary/aromatic N) is 3. The third-order valence-electron chi connectivity index (χ3n) is 5.30. The molecule has 0 aliphatic carbocycles. The number of hydrogen-bond acceptors (Lipinski definition) is 6. The van der Waals surface area contributed by atoms with Gasteiger partial charge in [-0.3, -0.25) is 9.59 Å². The number of halogens is 1. The van der Waals surface area contributed by atoms with E-state index in [1.54, 1.807) is 48.5 Å². The number of ether oxygens (including phenoxy) is 1. The van der Waals surface area contributed by atoms with Crippen LogP contribution in [-0.2, 0) is 6.61 Å². The summed E-state index contributed by atoms with van der Waals surface area (Å²) in [6.45, 7) is 4.02. The van der Waals surface area contributed by atoms with Crippen LogP contribution in [0.5, 0.6) is 5.75 Å². The van der Waals surface area contributed by atoms with Crippen molar-refractivity contribution in [1.29, 1.82) is 0 Å². The average molecular weight is 471 g/mol. The number of benzene rings is 2. The zero-order chi connectivity index (χ0) is 22.5. The minimum atomic E-state index is -0.342. The van der Waals surface area contributed by atoms with E-state index < -0.39 is 0 Å². The molecule has 0 spiro atoms. The van der Waals surface area contributed by atoms with Crippen molar-refractivity contribution < 1.29 is 14.3 Å². The van der Waals surface area contributed by atoms with Gasteiger partial charge in [-0.2, -0.15) is 0 Å². The molecule has 3 aromatic rings. The fourth-order valence-corrected chi connectivity index (χ4v) is 4.13. The number of rotatable bonds is 6. The van der Waals surface area contributed by atoms with Gasteiger partial charge in [-0.25, -0.2) is 0 Å². The second kappa shape index (κ2) is 10.1. The second-order valence-corrected chi connectivity index (χ2v) is 9.25. The predicted octanol–water partition coefficient (Wildman–Crippen LogP) is 4.89. The number of amides is 2. The molecule has 1 saturated heterocycles. The standard InChI is InChI=1S/C23H23ClN4O3S/c1-15-10-12-28(13-11-15)23(30)16-2-8-19(9-3-16)31-14-20-26-27-22(32-20)21(29)25-18-6-4-17(24)5-7-18/h2-9,15H,10-14H2,1H3,(H,25,29).